The zero-order valence-corrected chi connectivity index (χ0v) is 9.34. The van der Waals surface area contributed by atoms with Crippen molar-refractivity contribution in [3.8, 4) is 0 Å². The molecular weight excluding hydrogens is 217 g/mol. The number of halogens is 3. The van der Waals surface area contributed by atoms with Crippen LogP contribution in [0.25, 0.3) is 0 Å². The molecule has 0 saturated heterocycles. The maximum atomic E-state index is 12.4. The van der Waals surface area contributed by atoms with Gasteiger partial charge in [0.25, 0.3) is 0 Å². The van der Waals surface area contributed by atoms with E-state index in [9.17, 15) is 13.2 Å². The van der Waals surface area contributed by atoms with Gasteiger partial charge in [-0.05, 0) is 24.6 Å². The lowest BCUT2D eigenvalue weighted by Crippen LogP contribution is -2.09. The molecule has 0 fully saturated rings. The molecule has 0 heterocycles. The van der Waals surface area contributed by atoms with Gasteiger partial charge in [-0.2, -0.15) is 18.3 Å². The molecule has 0 bridgehead atoms. The molecule has 0 N–H and O–H groups in total. The monoisotopic (exact) mass is 230 g/mol. The minimum absolute atomic E-state index is 0.475. The van der Waals surface area contributed by atoms with Gasteiger partial charge < -0.3 is 5.01 Å². The van der Waals surface area contributed by atoms with Gasteiger partial charge in [0, 0.05) is 14.1 Å². The maximum absolute atomic E-state index is 12.4. The van der Waals surface area contributed by atoms with Gasteiger partial charge in [0.1, 0.15) is 0 Å². The molecule has 5 heteroatoms. The second kappa shape index (κ2) is 4.55. The minimum atomic E-state index is -4.31. The topological polar surface area (TPSA) is 15.6 Å². The Balaban J connectivity index is 3.09. The molecule has 2 nitrogen and oxygen atoms in total. The van der Waals surface area contributed by atoms with E-state index in [0.29, 0.717) is 11.3 Å². The second-order valence-electron chi connectivity index (χ2n) is 3.61. The number of rotatable bonds is 2. The van der Waals surface area contributed by atoms with E-state index in [2.05, 4.69) is 5.10 Å². The summed E-state index contributed by atoms with van der Waals surface area (Å²) in [4.78, 5) is 0. The Kier molecular flexibility index (Phi) is 3.57. The van der Waals surface area contributed by atoms with Crippen molar-refractivity contribution < 1.29 is 13.2 Å². The summed E-state index contributed by atoms with van der Waals surface area (Å²) in [5.41, 5.74) is 0.373. The summed E-state index contributed by atoms with van der Waals surface area (Å²) in [6.45, 7) is 1.68. The lowest BCUT2D eigenvalue weighted by atomic mass is 10.1. The molecule has 1 aromatic rings. The van der Waals surface area contributed by atoms with Gasteiger partial charge in [-0.3, -0.25) is 0 Å². The van der Waals surface area contributed by atoms with Crippen molar-refractivity contribution >= 4 is 5.71 Å². The van der Waals surface area contributed by atoms with Crippen molar-refractivity contribution in [2.45, 2.75) is 13.1 Å². The van der Waals surface area contributed by atoms with Crippen LogP contribution in [0.3, 0.4) is 0 Å². The summed E-state index contributed by atoms with van der Waals surface area (Å²) in [7, 11) is 3.44. The number of hydrogen-bond donors (Lipinski definition) is 0. The standard InChI is InChI=1S/C11H13F3N2/c1-8(15-16(2)3)9-5-4-6-10(7-9)11(12,13)14/h4-7H,1-3H3. The van der Waals surface area contributed by atoms with Crippen LogP contribution in [-0.2, 0) is 6.18 Å². The molecule has 0 aromatic heterocycles. The fraction of sp³-hybridized carbons (Fsp3) is 0.364. The predicted octanol–water partition coefficient (Wildman–Crippen LogP) is 2.99. The third-order valence-corrected chi connectivity index (χ3v) is 1.96. The fourth-order valence-corrected chi connectivity index (χ4v) is 1.28. The smallest absolute Gasteiger partial charge is 0.303 e. The first-order chi connectivity index (χ1) is 7.30. The first-order valence-corrected chi connectivity index (χ1v) is 4.71. The Hall–Kier alpha value is -1.52. The molecule has 0 radical (unpaired) electrons. The molecule has 0 spiro atoms. The van der Waals surface area contributed by atoms with E-state index in [4.69, 9.17) is 0 Å². The SMILES string of the molecule is CC(=NN(C)C)c1cccc(C(F)(F)F)c1. The van der Waals surface area contributed by atoms with Crippen LogP contribution in [-0.4, -0.2) is 24.8 Å². The molecule has 0 atom stereocenters. The van der Waals surface area contributed by atoms with Crippen LogP contribution in [0.2, 0.25) is 0 Å². The van der Waals surface area contributed by atoms with Crippen LogP contribution < -0.4 is 0 Å². The fourth-order valence-electron chi connectivity index (χ4n) is 1.28. The van der Waals surface area contributed by atoms with Gasteiger partial charge in [-0.1, -0.05) is 12.1 Å². The first kappa shape index (κ1) is 12.5. The molecule has 0 unspecified atom stereocenters. The molecule has 1 rings (SSSR count). The van der Waals surface area contributed by atoms with E-state index in [1.165, 1.54) is 6.07 Å². The normalized spacial score (nSPS) is 12.8. The minimum Gasteiger partial charge on any atom is -0.303 e. The lowest BCUT2D eigenvalue weighted by Gasteiger charge is -2.10. The predicted molar refractivity (Wildman–Crippen MR) is 57.3 cm³/mol. The van der Waals surface area contributed by atoms with Gasteiger partial charge >= 0.3 is 6.18 Å². The summed E-state index contributed by atoms with van der Waals surface area (Å²) < 4.78 is 37.3. The van der Waals surface area contributed by atoms with Crippen LogP contribution in [0.5, 0.6) is 0 Å². The Morgan fingerprint density at radius 1 is 1.25 bits per heavy atom. The zero-order chi connectivity index (χ0) is 12.3. The highest BCUT2D eigenvalue weighted by atomic mass is 19.4. The molecular formula is C11H13F3N2. The Morgan fingerprint density at radius 2 is 1.88 bits per heavy atom. The van der Waals surface area contributed by atoms with E-state index in [1.807, 2.05) is 0 Å². The third kappa shape index (κ3) is 3.25. The van der Waals surface area contributed by atoms with E-state index >= 15 is 0 Å². The summed E-state index contributed by atoms with van der Waals surface area (Å²) in [5, 5.41) is 5.60. The van der Waals surface area contributed by atoms with E-state index < -0.39 is 11.7 Å². The summed E-state index contributed by atoms with van der Waals surface area (Å²) in [6, 6.07) is 5.14. The highest BCUT2D eigenvalue weighted by Gasteiger charge is 2.30. The average molecular weight is 230 g/mol. The number of nitrogens with zero attached hydrogens (tertiary/aromatic N) is 2. The van der Waals surface area contributed by atoms with E-state index in [0.717, 1.165) is 12.1 Å². The lowest BCUT2D eigenvalue weighted by molar-refractivity contribution is -0.137. The van der Waals surface area contributed by atoms with Crippen molar-refractivity contribution in [2.24, 2.45) is 5.10 Å². The van der Waals surface area contributed by atoms with Crippen LogP contribution in [0.4, 0.5) is 13.2 Å². The molecule has 0 aliphatic carbocycles. The molecule has 0 aliphatic heterocycles. The highest BCUT2D eigenvalue weighted by Crippen LogP contribution is 2.29. The summed E-state index contributed by atoms with van der Waals surface area (Å²) >= 11 is 0. The van der Waals surface area contributed by atoms with Crippen molar-refractivity contribution in [3.05, 3.63) is 35.4 Å². The van der Waals surface area contributed by atoms with Gasteiger partial charge in [0.15, 0.2) is 0 Å². The zero-order valence-electron chi connectivity index (χ0n) is 9.34. The number of hydrazone groups is 1. The van der Waals surface area contributed by atoms with Crippen LogP contribution in [0.1, 0.15) is 18.1 Å². The molecule has 88 valence electrons. The second-order valence-corrected chi connectivity index (χ2v) is 3.61. The number of alkyl halides is 3. The first-order valence-electron chi connectivity index (χ1n) is 4.71. The maximum Gasteiger partial charge on any atom is 0.416 e. The third-order valence-electron chi connectivity index (χ3n) is 1.96. The van der Waals surface area contributed by atoms with Gasteiger partial charge in [0.05, 0.1) is 11.3 Å². The van der Waals surface area contributed by atoms with Crippen LogP contribution in [0.15, 0.2) is 29.4 Å². The quantitative estimate of drug-likeness (QED) is 0.563. The van der Waals surface area contributed by atoms with Crippen LogP contribution >= 0.6 is 0 Å². The number of hydrogen-bond acceptors (Lipinski definition) is 2. The van der Waals surface area contributed by atoms with E-state index in [1.54, 1.807) is 32.1 Å². The Bertz CT molecular complexity index is 394. The molecule has 0 saturated carbocycles. The molecule has 1 aromatic carbocycles. The van der Waals surface area contributed by atoms with Gasteiger partial charge in [0.2, 0.25) is 0 Å². The highest BCUT2D eigenvalue weighted by molar-refractivity contribution is 5.98. The summed E-state index contributed by atoms with van der Waals surface area (Å²) in [6.07, 6.45) is -4.31. The Morgan fingerprint density at radius 3 is 2.38 bits per heavy atom. The molecule has 0 amide bonds. The van der Waals surface area contributed by atoms with Crippen molar-refractivity contribution in [1.82, 2.24) is 5.01 Å². The van der Waals surface area contributed by atoms with Crippen molar-refractivity contribution in [3.63, 3.8) is 0 Å². The van der Waals surface area contributed by atoms with Gasteiger partial charge in [-0.25, -0.2) is 0 Å². The largest absolute Gasteiger partial charge is 0.416 e. The Labute approximate surface area is 92.4 Å². The molecule has 16 heavy (non-hydrogen) atoms. The number of benzene rings is 1. The average Bonchev–Trinajstić information content (AvgIpc) is 2.15. The van der Waals surface area contributed by atoms with Gasteiger partial charge in [-0.15, -0.1) is 0 Å². The summed E-state index contributed by atoms with van der Waals surface area (Å²) in [5.74, 6) is 0. The molecule has 0 aliphatic rings. The van der Waals surface area contributed by atoms with E-state index in [-0.39, 0.29) is 0 Å². The van der Waals surface area contributed by atoms with Crippen LogP contribution in [0, 0.1) is 0 Å². The van der Waals surface area contributed by atoms with Crippen molar-refractivity contribution in [2.75, 3.05) is 14.1 Å². The van der Waals surface area contributed by atoms with Crippen molar-refractivity contribution in [1.29, 1.82) is 0 Å².